The largest absolute Gasteiger partial charge is 0.481 e. The van der Waals surface area contributed by atoms with Gasteiger partial charge in [0.05, 0.1) is 24.7 Å². The number of ether oxygens (including phenoxy) is 1. The van der Waals surface area contributed by atoms with E-state index in [1.165, 1.54) is 6.07 Å². The van der Waals surface area contributed by atoms with Gasteiger partial charge in [-0.1, -0.05) is 6.07 Å². The summed E-state index contributed by atoms with van der Waals surface area (Å²) in [6, 6.07) is 5.10. The molecule has 3 aromatic rings. The Morgan fingerprint density at radius 2 is 2.08 bits per heavy atom. The number of halogens is 1. The summed E-state index contributed by atoms with van der Waals surface area (Å²) in [5.41, 5.74) is 2.09. The Bertz CT molecular complexity index is 848. The normalized spacial score (nSPS) is 10.7. The molecule has 0 radical (unpaired) electrons. The predicted molar refractivity (Wildman–Crippen MR) is 88.9 cm³/mol. The number of nitrogens with one attached hydrogen (secondary N) is 1. The lowest BCUT2D eigenvalue weighted by Crippen LogP contribution is -2.07. The van der Waals surface area contributed by atoms with Crippen molar-refractivity contribution in [1.82, 2.24) is 19.5 Å². The molecule has 3 rings (SSSR count). The number of methoxy groups -OCH3 is 1. The molecule has 0 saturated heterocycles. The molecule has 0 unspecified atom stereocenters. The minimum atomic E-state index is -0.305. The number of hydrogen-bond acceptors (Lipinski definition) is 5. The molecule has 1 aromatic carbocycles. The zero-order valence-corrected chi connectivity index (χ0v) is 13.7. The first-order chi connectivity index (χ1) is 11.6. The molecule has 0 atom stereocenters. The van der Waals surface area contributed by atoms with Crippen LogP contribution in [0.3, 0.4) is 0 Å². The molecule has 0 aliphatic heterocycles. The topological polar surface area (TPSA) is 64.9 Å². The number of aromatic nitrogens is 4. The van der Waals surface area contributed by atoms with Gasteiger partial charge in [0, 0.05) is 18.9 Å². The van der Waals surface area contributed by atoms with Crippen LogP contribution in [-0.2, 0) is 6.54 Å². The molecule has 124 valence electrons. The Morgan fingerprint density at radius 1 is 1.25 bits per heavy atom. The Morgan fingerprint density at radius 3 is 2.75 bits per heavy atom. The van der Waals surface area contributed by atoms with Gasteiger partial charge in [0.25, 0.3) is 0 Å². The van der Waals surface area contributed by atoms with Crippen LogP contribution in [-0.4, -0.2) is 26.6 Å². The molecule has 0 saturated carbocycles. The predicted octanol–water partition coefficient (Wildman–Crippen LogP) is 3.04. The first-order valence-electron chi connectivity index (χ1n) is 7.48. The summed E-state index contributed by atoms with van der Waals surface area (Å²) in [7, 11) is 1.57. The van der Waals surface area contributed by atoms with Gasteiger partial charge in [-0.15, -0.1) is 0 Å². The zero-order valence-electron chi connectivity index (χ0n) is 13.7. The van der Waals surface area contributed by atoms with Crippen molar-refractivity contribution in [3.8, 4) is 11.6 Å². The van der Waals surface area contributed by atoms with Crippen LogP contribution in [0, 0.1) is 19.7 Å². The first-order valence-corrected chi connectivity index (χ1v) is 7.48. The molecule has 2 heterocycles. The standard InChI is InChI=1S/C17H18FN5O/c1-11-16(21-12(2)22-17(11)24-3)20-9-13-4-5-15(14(18)8-13)23-7-6-19-10-23/h4-8,10H,9H2,1-3H3,(H,20,21,22). The molecule has 0 bridgehead atoms. The van der Waals surface area contributed by atoms with E-state index in [-0.39, 0.29) is 5.82 Å². The quantitative estimate of drug-likeness (QED) is 0.780. The van der Waals surface area contributed by atoms with Crippen LogP contribution in [0.5, 0.6) is 5.88 Å². The molecule has 0 aliphatic rings. The van der Waals surface area contributed by atoms with Crippen LogP contribution in [0.4, 0.5) is 10.2 Å². The highest BCUT2D eigenvalue weighted by molar-refractivity contribution is 5.49. The van der Waals surface area contributed by atoms with Crippen LogP contribution in [0.25, 0.3) is 5.69 Å². The molecule has 0 aliphatic carbocycles. The van der Waals surface area contributed by atoms with E-state index in [0.29, 0.717) is 29.8 Å². The molecule has 0 spiro atoms. The average molecular weight is 327 g/mol. The smallest absolute Gasteiger partial charge is 0.221 e. The second-order valence-corrected chi connectivity index (χ2v) is 5.36. The highest BCUT2D eigenvalue weighted by atomic mass is 19.1. The van der Waals surface area contributed by atoms with Gasteiger partial charge in [0.15, 0.2) is 0 Å². The average Bonchev–Trinajstić information content (AvgIpc) is 3.09. The number of anilines is 1. The maximum atomic E-state index is 14.3. The molecule has 0 fully saturated rings. The number of aryl methyl sites for hydroxylation is 1. The van der Waals surface area contributed by atoms with Crippen molar-refractivity contribution in [3.05, 3.63) is 59.7 Å². The lowest BCUT2D eigenvalue weighted by molar-refractivity contribution is 0.392. The van der Waals surface area contributed by atoms with Crippen LogP contribution < -0.4 is 10.1 Å². The van der Waals surface area contributed by atoms with Gasteiger partial charge in [-0.3, -0.25) is 0 Å². The molecule has 1 N–H and O–H groups in total. The molecular formula is C17H18FN5O. The fourth-order valence-electron chi connectivity index (χ4n) is 2.43. The van der Waals surface area contributed by atoms with Gasteiger partial charge in [-0.05, 0) is 31.5 Å². The fraction of sp³-hybridized carbons (Fsp3) is 0.235. The molecule has 6 nitrogen and oxygen atoms in total. The molecule has 0 amide bonds. The van der Waals surface area contributed by atoms with Crippen molar-refractivity contribution in [2.75, 3.05) is 12.4 Å². The van der Waals surface area contributed by atoms with Crippen molar-refractivity contribution < 1.29 is 9.13 Å². The monoisotopic (exact) mass is 327 g/mol. The highest BCUT2D eigenvalue weighted by Crippen LogP contribution is 2.22. The fourth-order valence-corrected chi connectivity index (χ4v) is 2.43. The Balaban J connectivity index is 1.78. The number of rotatable bonds is 5. The molecular weight excluding hydrogens is 309 g/mol. The van der Waals surface area contributed by atoms with Crippen LogP contribution >= 0.6 is 0 Å². The first kappa shape index (κ1) is 15.9. The van der Waals surface area contributed by atoms with Crippen molar-refractivity contribution in [2.45, 2.75) is 20.4 Å². The molecule has 2 aromatic heterocycles. The van der Waals surface area contributed by atoms with E-state index in [4.69, 9.17) is 4.74 Å². The van der Waals surface area contributed by atoms with Crippen molar-refractivity contribution in [3.63, 3.8) is 0 Å². The third-order valence-electron chi connectivity index (χ3n) is 3.66. The third-order valence-corrected chi connectivity index (χ3v) is 3.66. The van der Waals surface area contributed by atoms with E-state index in [0.717, 1.165) is 11.1 Å². The SMILES string of the molecule is COc1nc(C)nc(NCc2ccc(-n3ccnc3)c(F)c2)c1C. The van der Waals surface area contributed by atoms with E-state index in [1.807, 2.05) is 13.0 Å². The highest BCUT2D eigenvalue weighted by Gasteiger charge is 2.10. The van der Waals surface area contributed by atoms with Gasteiger partial charge in [0.2, 0.25) is 5.88 Å². The maximum absolute atomic E-state index is 14.3. The number of hydrogen-bond donors (Lipinski definition) is 1. The summed E-state index contributed by atoms with van der Waals surface area (Å²) in [5.74, 6) is 1.52. The van der Waals surface area contributed by atoms with E-state index < -0.39 is 0 Å². The van der Waals surface area contributed by atoms with Gasteiger partial charge in [-0.2, -0.15) is 4.98 Å². The third kappa shape index (κ3) is 3.19. The minimum absolute atomic E-state index is 0.305. The van der Waals surface area contributed by atoms with Crippen LogP contribution in [0.1, 0.15) is 17.0 Å². The van der Waals surface area contributed by atoms with Crippen molar-refractivity contribution in [2.24, 2.45) is 0 Å². The van der Waals surface area contributed by atoms with E-state index in [2.05, 4.69) is 20.3 Å². The summed E-state index contributed by atoms with van der Waals surface area (Å²) >= 11 is 0. The van der Waals surface area contributed by atoms with Crippen molar-refractivity contribution >= 4 is 5.82 Å². The van der Waals surface area contributed by atoms with Gasteiger partial charge >= 0.3 is 0 Å². The Hall–Kier alpha value is -2.96. The number of imidazole rings is 1. The minimum Gasteiger partial charge on any atom is -0.481 e. The molecule has 7 heteroatoms. The van der Waals surface area contributed by atoms with Gasteiger partial charge in [0.1, 0.15) is 17.5 Å². The van der Waals surface area contributed by atoms with Gasteiger partial charge in [-0.25, -0.2) is 14.4 Å². The maximum Gasteiger partial charge on any atom is 0.221 e. The summed E-state index contributed by atoms with van der Waals surface area (Å²) in [6.07, 6.45) is 4.88. The van der Waals surface area contributed by atoms with Crippen LogP contribution in [0.2, 0.25) is 0 Å². The Kier molecular flexibility index (Phi) is 4.41. The van der Waals surface area contributed by atoms with Crippen molar-refractivity contribution in [1.29, 1.82) is 0 Å². The van der Waals surface area contributed by atoms with E-state index in [9.17, 15) is 4.39 Å². The second kappa shape index (κ2) is 6.66. The molecule has 24 heavy (non-hydrogen) atoms. The number of nitrogens with zero attached hydrogens (tertiary/aromatic N) is 4. The zero-order chi connectivity index (χ0) is 17.1. The Labute approximate surface area is 139 Å². The van der Waals surface area contributed by atoms with Crippen LogP contribution in [0.15, 0.2) is 36.9 Å². The summed E-state index contributed by atoms with van der Waals surface area (Å²) in [4.78, 5) is 12.5. The number of benzene rings is 1. The summed E-state index contributed by atoms with van der Waals surface area (Å²) in [6.45, 7) is 4.12. The van der Waals surface area contributed by atoms with E-state index >= 15 is 0 Å². The second-order valence-electron chi connectivity index (χ2n) is 5.36. The summed E-state index contributed by atoms with van der Waals surface area (Å²) < 4.78 is 21.1. The lowest BCUT2D eigenvalue weighted by Gasteiger charge is -2.12. The summed E-state index contributed by atoms with van der Waals surface area (Å²) in [5, 5.41) is 3.21. The van der Waals surface area contributed by atoms with Gasteiger partial charge < -0.3 is 14.6 Å². The lowest BCUT2D eigenvalue weighted by atomic mass is 10.2. The van der Waals surface area contributed by atoms with E-state index in [1.54, 1.807) is 43.4 Å².